The Morgan fingerprint density at radius 1 is 1.36 bits per heavy atom. The highest BCUT2D eigenvalue weighted by Gasteiger charge is 2.33. The fourth-order valence-electron chi connectivity index (χ4n) is 3.41. The van der Waals surface area contributed by atoms with E-state index in [2.05, 4.69) is 15.5 Å². The van der Waals surface area contributed by atoms with Gasteiger partial charge in [-0.1, -0.05) is 5.16 Å². The van der Waals surface area contributed by atoms with Gasteiger partial charge in [-0.3, -0.25) is 9.78 Å². The molecule has 0 aromatic carbocycles. The fraction of sp³-hybridized carbons (Fsp3) is 0.412. The second-order valence-electron chi connectivity index (χ2n) is 6.29. The van der Waals surface area contributed by atoms with Crippen molar-refractivity contribution in [1.29, 1.82) is 0 Å². The van der Waals surface area contributed by atoms with Crippen molar-refractivity contribution in [1.82, 2.24) is 25.3 Å². The number of hydrogen-bond donors (Lipinski definition) is 1. The first-order chi connectivity index (χ1) is 12.2. The van der Waals surface area contributed by atoms with Crippen molar-refractivity contribution in [2.24, 2.45) is 0 Å². The Morgan fingerprint density at radius 3 is 3.04 bits per heavy atom. The molecule has 0 radical (unpaired) electrons. The van der Waals surface area contributed by atoms with Crippen LogP contribution in [0.1, 0.15) is 23.3 Å². The van der Waals surface area contributed by atoms with Gasteiger partial charge in [-0.15, -0.1) is 0 Å². The third-order valence-electron chi connectivity index (χ3n) is 4.69. The minimum absolute atomic E-state index is 0.0420. The Bertz CT molecular complexity index is 776. The number of likely N-dealkylation sites (tertiary alicyclic amines) is 1. The number of hydrogen-bond acceptors (Lipinski definition) is 5. The first-order valence-electron chi connectivity index (χ1n) is 8.43. The van der Waals surface area contributed by atoms with E-state index in [1.807, 2.05) is 11.0 Å². The molecule has 0 aliphatic carbocycles. The number of nitrogens with zero attached hydrogens (tertiary/aromatic N) is 4. The van der Waals surface area contributed by atoms with Crippen molar-refractivity contribution in [3.63, 3.8) is 0 Å². The van der Waals surface area contributed by atoms with Gasteiger partial charge in [0, 0.05) is 50.2 Å². The number of piperidine rings is 1. The van der Waals surface area contributed by atoms with Crippen LogP contribution >= 0.6 is 0 Å². The van der Waals surface area contributed by atoms with Gasteiger partial charge in [0.15, 0.2) is 11.5 Å². The molecule has 25 heavy (non-hydrogen) atoms. The molecule has 8 nitrogen and oxygen atoms in total. The zero-order valence-corrected chi connectivity index (χ0v) is 13.7. The van der Waals surface area contributed by atoms with Crippen molar-refractivity contribution < 1.29 is 14.1 Å². The van der Waals surface area contributed by atoms with E-state index in [4.69, 9.17) is 4.52 Å². The maximum Gasteiger partial charge on any atom is 0.317 e. The maximum absolute atomic E-state index is 12.8. The van der Waals surface area contributed by atoms with E-state index in [0.29, 0.717) is 31.9 Å². The molecule has 2 aromatic heterocycles. The molecule has 2 aromatic rings. The molecular weight excluding hydrogens is 322 g/mol. The number of aromatic nitrogens is 2. The summed E-state index contributed by atoms with van der Waals surface area (Å²) in [6.07, 6.45) is 5.12. The van der Waals surface area contributed by atoms with Crippen LogP contribution in [-0.2, 0) is 0 Å². The third kappa shape index (κ3) is 3.07. The molecule has 4 rings (SSSR count). The van der Waals surface area contributed by atoms with Gasteiger partial charge in [-0.05, 0) is 25.0 Å². The number of rotatable bonds is 3. The molecule has 2 saturated heterocycles. The lowest BCUT2D eigenvalue weighted by atomic mass is 10.0. The minimum Gasteiger partial charge on any atom is -0.355 e. The molecule has 1 N–H and O–H groups in total. The summed E-state index contributed by atoms with van der Waals surface area (Å²) in [7, 11) is 0. The summed E-state index contributed by atoms with van der Waals surface area (Å²) in [4.78, 5) is 32.2. The zero-order valence-electron chi connectivity index (χ0n) is 13.7. The maximum atomic E-state index is 12.8. The number of amides is 3. The SMILES string of the molecule is O=C(c1cc(-c2cccnc2)on1)N1CCC[C@@H](N2CCNC2=O)C1. The molecule has 2 aliphatic rings. The summed E-state index contributed by atoms with van der Waals surface area (Å²) in [6, 6.07) is 5.32. The van der Waals surface area contributed by atoms with E-state index < -0.39 is 0 Å². The second kappa shape index (κ2) is 6.54. The monoisotopic (exact) mass is 341 g/mol. The van der Waals surface area contributed by atoms with Gasteiger partial charge < -0.3 is 19.6 Å². The highest BCUT2D eigenvalue weighted by molar-refractivity contribution is 5.93. The molecule has 0 saturated carbocycles. The van der Waals surface area contributed by atoms with Crippen LogP contribution in [0, 0.1) is 0 Å². The molecule has 3 amide bonds. The van der Waals surface area contributed by atoms with Crippen molar-refractivity contribution in [2.45, 2.75) is 18.9 Å². The second-order valence-corrected chi connectivity index (χ2v) is 6.29. The van der Waals surface area contributed by atoms with Crippen LogP contribution in [0.25, 0.3) is 11.3 Å². The standard InChI is InChI=1S/C17H19N5O3/c23-16(14-9-15(25-20-14)12-3-1-5-18-10-12)21-7-2-4-13(11-21)22-8-6-19-17(22)24/h1,3,5,9-10,13H,2,4,6-8,11H2,(H,19,24)/t13-/m1/s1. The molecule has 0 bridgehead atoms. The Labute approximate surface area is 144 Å². The van der Waals surface area contributed by atoms with Gasteiger partial charge in [-0.2, -0.15) is 0 Å². The molecule has 0 spiro atoms. The predicted molar refractivity (Wildman–Crippen MR) is 88.8 cm³/mol. The first kappa shape index (κ1) is 15.6. The average molecular weight is 341 g/mol. The Balaban J connectivity index is 1.47. The highest BCUT2D eigenvalue weighted by atomic mass is 16.5. The van der Waals surface area contributed by atoms with Gasteiger partial charge >= 0.3 is 6.03 Å². The van der Waals surface area contributed by atoms with Gasteiger partial charge in [-0.25, -0.2) is 4.79 Å². The summed E-state index contributed by atoms with van der Waals surface area (Å²) in [5, 5.41) is 6.73. The highest BCUT2D eigenvalue weighted by Crippen LogP contribution is 2.22. The Hall–Kier alpha value is -2.90. The Morgan fingerprint density at radius 2 is 2.28 bits per heavy atom. The van der Waals surface area contributed by atoms with Gasteiger partial charge in [0.2, 0.25) is 0 Å². The summed E-state index contributed by atoms with van der Waals surface area (Å²) < 4.78 is 5.29. The molecule has 2 aliphatic heterocycles. The van der Waals surface area contributed by atoms with Crippen LogP contribution in [-0.4, -0.2) is 64.1 Å². The largest absolute Gasteiger partial charge is 0.355 e. The van der Waals surface area contributed by atoms with Crippen LogP contribution in [0.3, 0.4) is 0 Å². The quantitative estimate of drug-likeness (QED) is 0.910. The zero-order chi connectivity index (χ0) is 17.2. The molecule has 4 heterocycles. The van der Waals surface area contributed by atoms with Crippen LogP contribution in [0.15, 0.2) is 35.1 Å². The molecule has 2 fully saturated rings. The van der Waals surface area contributed by atoms with Gasteiger partial charge in [0.25, 0.3) is 5.91 Å². The first-order valence-corrected chi connectivity index (χ1v) is 8.43. The van der Waals surface area contributed by atoms with Crippen LogP contribution < -0.4 is 5.32 Å². The molecule has 8 heteroatoms. The van der Waals surface area contributed by atoms with Gasteiger partial charge in [0.05, 0.1) is 6.04 Å². The van der Waals surface area contributed by atoms with Crippen molar-refractivity contribution in [2.75, 3.05) is 26.2 Å². The number of carbonyl (C=O) groups is 2. The number of pyridine rings is 1. The fourth-order valence-corrected chi connectivity index (χ4v) is 3.41. The van der Waals surface area contributed by atoms with Crippen molar-refractivity contribution in [3.8, 4) is 11.3 Å². The van der Waals surface area contributed by atoms with E-state index in [9.17, 15) is 9.59 Å². The average Bonchev–Trinajstić information content (AvgIpc) is 3.31. The normalized spacial score (nSPS) is 20.6. The lowest BCUT2D eigenvalue weighted by molar-refractivity contribution is 0.0624. The molecule has 130 valence electrons. The van der Waals surface area contributed by atoms with E-state index in [1.165, 1.54) is 0 Å². The lowest BCUT2D eigenvalue weighted by Gasteiger charge is -2.36. The predicted octanol–water partition coefficient (Wildman–Crippen LogP) is 1.37. The molecule has 1 atom stereocenters. The van der Waals surface area contributed by atoms with Crippen LogP contribution in [0.2, 0.25) is 0 Å². The summed E-state index contributed by atoms with van der Waals surface area (Å²) in [6.45, 7) is 2.56. The topological polar surface area (TPSA) is 91.6 Å². The summed E-state index contributed by atoms with van der Waals surface area (Å²) in [5.74, 6) is 0.354. The number of carbonyl (C=O) groups excluding carboxylic acids is 2. The summed E-state index contributed by atoms with van der Waals surface area (Å²) in [5.41, 5.74) is 1.06. The van der Waals surface area contributed by atoms with Crippen LogP contribution in [0.4, 0.5) is 4.79 Å². The number of nitrogens with one attached hydrogen (secondary N) is 1. The van der Waals surface area contributed by atoms with E-state index >= 15 is 0 Å². The Kier molecular flexibility index (Phi) is 4.09. The van der Waals surface area contributed by atoms with E-state index in [1.54, 1.807) is 29.4 Å². The minimum atomic E-state index is -0.164. The van der Waals surface area contributed by atoms with E-state index in [0.717, 1.165) is 18.4 Å². The lowest BCUT2D eigenvalue weighted by Crippen LogP contribution is -2.50. The molecular formula is C17H19N5O3. The van der Waals surface area contributed by atoms with Crippen LogP contribution in [0.5, 0.6) is 0 Å². The third-order valence-corrected chi connectivity index (χ3v) is 4.69. The molecule has 0 unspecified atom stereocenters. The van der Waals surface area contributed by atoms with Crippen molar-refractivity contribution in [3.05, 3.63) is 36.3 Å². The van der Waals surface area contributed by atoms with E-state index in [-0.39, 0.29) is 23.7 Å². The van der Waals surface area contributed by atoms with Gasteiger partial charge in [0.1, 0.15) is 0 Å². The number of urea groups is 1. The van der Waals surface area contributed by atoms with Crippen molar-refractivity contribution >= 4 is 11.9 Å². The summed E-state index contributed by atoms with van der Waals surface area (Å²) >= 11 is 0. The smallest absolute Gasteiger partial charge is 0.317 e.